The number of carbonyl (C=O) groups excluding carboxylic acids is 1. The minimum absolute atomic E-state index is 0.127. The van der Waals surface area contributed by atoms with E-state index in [0.29, 0.717) is 16.8 Å². The second-order valence-corrected chi connectivity index (χ2v) is 7.58. The third-order valence-corrected chi connectivity index (χ3v) is 5.55. The number of piperidine rings is 1. The number of nitrogens with zero attached hydrogens (tertiary/aromatic N) is 4. The predicted octanol–water partition coefficient (Wildman–Crippen LogP) is 4.55. The summed E-state index contributed by atoms with van der Waals surface area (Å²) in [6.07, 6.45) is 3.33. The van der Waals surface area contributed by atoms with Crippen LogP contribution in [-0.2, 0) is 0 Å². The molecule has 0 saturated carbocycles. The van der Waals surface area contributed by atoms with E-state index in [-0.39, 0.29) is 12.1 Å². The fraction of sp³-hybridized carbons (Fsp3) is 0.261. The molecule has 0 radical (unpaired) electrons. The Morgan fingerprint density at radius 1 is 1.03 bits per heavy atom. The molecule has 1 N–H and O–H groups in total. The molecule has 0 spiro atoms. The molecule has 1 aromatic heterocycles. The van der Waals surface area contributed by atoms with E-state index in [9.17, 15) is 13.6 Å². The summed E-state index contributed by atoms with van der Waals surface area (Å²) in [6, 6.07) is 14.0. The predicted molar refractivity (Wildman–Crippen MR) is 116 cm³/mol. The SMILES string of the molecule is CN(C(=O)Nc1ccc(-c2cc(F)cc(F)c2)cc1)C1CCN(c2cccnn2)CC1. The lowest BCUT2D eigenvalue weighted by Gasteiger charge is -2.37. The minimum atomic E-state index is -0.626. The Bertz CT molecular complexity index is 1020. The smallest absolute Gasteiger partial charge is 0.321 e. The monoisotopic (exact) mass is 423 g/mol. The van der Waals surface area contributed by atoms with Gasteiger partial charge in [-0.1, -0.05) is 12.1 Å². The topological polar surface area (TPSA) is 61.4 Å². The zero-order chi connectivity index (χ0) is 21.8. The molecule has 0 bridgehead atoms. The van der Waals surface area contributed by atoms with Crippen molar-refractivity contribution in [1.29, 1.82) is 0 Å². The summed E-state index contributed by atoms with van der Waals surface area (Å²) in [7, 11) is 1.79. The average Bonchev–Trinajstić information content (AvgIpc) is 2.79. The third-order valence-electron chi connectivity index (χ3n) is 5.55. The third kappa shape index (κ3) is 4.96. The lowest BCUT2D eigenvalue weighted by Crippen LogP contribution is -2.47. The first-order chi connectivity index (χ1) is 15.0. The van der Waals surface area contributed by atoms with E-state index < -0.39 is 11.6 Å². The number of nitrogens with one attached hydrogen (secondary N) is 1. The Kier molecular flexibility index (Phi) is 6.06. The number of carbonyl (C=O) groups is 1. The van der Waals surface area contributed by atoms with Crippen LogP contribution in [0.5, 0.6) is 0 Å². The van der Waals surface area contributed by atoms with Crippen molar-refractivity contribution < 1.29 is 13.6 Å². The summed E-state index contributed by atoms with van der Waals surface area (Å²) in [5.74, 6) is -0.398. The quantitative estimate of drug-likeness (QED) is 0.669. The largest absolute Gasteiger partial charge is 0.355 e. The van der Waals surface area contributed by atoms with Crippen molar-refractivity contribution in [2.75, 3.05) is 30.4 Å². The summed E-state index contributed by atoms with van der Waals surface area (Å²) in [4.78, 5) is 16.6. The van der Waals surface area contributed by atoms with Gasteiger partial charge >= 0.3 is 6.03 Å². The molecule has 31 heavy (non-hydrogen) atoms. The van der Waals surface area contributed by atoms with Crippen molar-refractivity contribution in [3.8, 4) is 11.1 Å². The first-order valence-corrected chi connectivity index (χ1v) is 10.1. The molecule has 1 aliphatic heterocycles. The van der Waals surface area contributed by atoms with Crippen LogP contribution < -0.4 is 10.2 Å². The standard InChI is InChI=1S/C23H23F2N5O/c1-29(21-8-11-30(12-9-21)22-3-2-10-26-28-22)23(31)27-20-6-4-16(5-7-20)17-13-18(24)15-19(25)14-17/h2-7,10,13-15,21H,8-9,11-12H2,1H3,(H,27,31). The minimum Gasteiger partial charge on any atom is -0.355 e. The number of anilines is 2. The highest BCUT2D eigenvalue weighted by Crippen LogP contribution is 2.24. The molecular formula is C23H23F2N5O. The van der Waals surface area contributed by atoms with Crippen LogP contribution in [0.15, 0.2) is 60.8 Å². The van der Waals surface area contributed by atoms with Crippen LogP contribution in [0.3, 0.4) is 0 Å². The molecule has 2 heterocycles. The van der Waals surface area contributed by atoms with Gasteiger partial charge in [0, 0.05) is 44.1 Å². The van der Waals surface area contributed by atoms with Crippen molar-refractivity contribution in [3.63, 3.8) is 0 Å². The molecule has 8 heteroatoms. The lowest BCUT2D eigenvalue weighted by atomic mass is 10.0. The van der Waals surface area contributed by atoms with E-state index in [1.54, 1.807) is 42.4 Å². The molecule has 0 unspecified atom stereocenters. The molecule has 1 aliphatic rings. The molecule has 0 atom stereocenters. The van der Waals surface area contributed by atoms with Crippen LogP contribution in [0.4, 0.5) is 25.1 Å². The van der Waals surface area contributed by atoms with Crippen LogP contribution in [0.2, 0.25) is 0 Å². The maximum atomic E-state index is 13.4. The Morgan fingerprint density at radius 3 is 2.32 bits per heavy atom. The molecule has 1 fully saturated rings. The lowest BCUT2D eigenvalue weighted by molar-refractivity contribution is 0.193. The number of amides is 2. The average molecular weight is 423 g/mol. The van der Waals surface area contributed by atoms with Gasteiger partial charge in [0.2, 0.25) is 0 Å². The first kappa shape index (κ1) is 20.7. The second-order valence-electron chi connectivity index (χ2n) is 7.58. The number of aromatic nitrogens is 2. The maximum absolute atomic E-state index is 13.4. The maximum Gasteiger partial charge on any atom is 0.321 e. The van der Waals surface area contributed by atoms with E-state index in [0.717, 1.165) is 37.8 Å². The van der Waals surface area contributed by atoms with Crippen LogP contribution in [-0.4, -0.2) is 47.3 Å². The van der Waals surface area contributed by atoms with Crippen molar-refractivity contribution >= 4 is 17.5 Å². The number of halogens is 2. The van der Waals surface area contributed by atoms with Gasteiger partial charge in [0.15, 0.2) is 5.82 Å². The molecule has 160 valence electrons. The van der Waals surface area contributed by atoms with E-state index in [4.69, 9.17) is 0 Å². The van der Waals surface area contributed by atoms with Crippen LogP contribution in [0.25, 0.3) is 11.1 Å². The Balaban J connectivity index is 1.34. The van der Waals surface area contributed by atoms with Crippen LogP contribution >= 0.6 is 0 Å². The number of benzene rings is 2. The Hall–Kier alpha value is -3.55. The Labute approximate surface area is 179 Å². The van der Waals surface area contributed by atoms with Gasteiger partial charge < -0.3 is 15.1 Å². The van der Waals surface area contributed by atoms with Gasteiger partial charge in [0.1, 0.15) is 11.6 Å². The van der Waals surface area contributed by atoms with Crippen molar-refractivity contribution in [3.05, 3.63) is 72.4 Å². The molecule has 1 saturated heterocycles. The van der Waals surface area contributed by atoms with Crippen LogP contribution in [0.1, 0.15) is 12.8 Å². The van der Waals surface area contributed by atoms with Gasteiger partial charge in [0.25, 0.3) is 0 Å². The molecule has 0 aliphatic carbocycles. The van der Waals surface area contributed by atoms with Crippen molar-refractivity contribution in [2.24, 2.45) is 0 Å². The number of urea groups is 1. The van der Waals surface area contributed by atoms with Gasteiger partial charge in [0.05, 0.1) is 0 Å². The highest BCUT2D eigenvalue weighted by atomic mass is 19.1. The summed E-state index contributed by atoms with van der Waals surface area (Å²) < 4.78 is 26.9. The highest BCUT2D eigenvalue weighted by molar-refractivity contribution is 5.89. The van der Waals surface area contributed by atoms with Gasteiger partial charge in [-0.3, -0.25) is 0 Å². The van der Waals surface area contributed by atoms with Crippen molar-refractivity contribution in [1.82, 2.24) is 15.1 Å². The van der Waals surface area contributed by atoms with E-state index in [1.807, 2.05) is 12.1 Å². The van der Waals surface area contributed by atoms with Gasteiger partial charge in [-0.05, 0) is 60.4 Å². The second kappa shape index (κ2) is 9.07. The molecule has 3 aromatic rings. The summed E-state index contributed by atoms with van der Waals surface area (Å²) in [5.41, 5.74) is 1.73. The molecular weight excluding hydrogens is 400 g/mol. The van der Waals surface area contributed by atoms with Gasteiger partial charge in [-0.25, -0.2) is 13.6 Å². The molecule has 6 nitrogen and oxygen atoms in total. The molecule has 4 rings (SSSR count). The normalized spacial score (nSPS) is 14.4. The summed E-state index contributed by atoms with van der Waals surface area (Å²) in [6.45, 7) is 1.61. The summed E-state index contributed by atoms with van der Waals surface area (Å²) in [5, 5.41) is 10.9. The Morgan fingerprint density at radius 2 is 1.71 bits per heavy atom. The van der Waals surface area contributed by atoms with E-state index in [1.165, 1.54) is 12.1 Å². The zero-order valence-corrected chi connectivity index (χ0v) is 17.1. The van der Waals surface area contributed by atoms with E-state index in [2.05, 4.69) is 20.4 Å². The first-order valence-electron chi connectivity index (χ1n) is 10.1. The fourth-order valence-electron chi connectivity index (χ4n) is 3.79. The number of hydrogen-bond donors (Lipinski definition) is 1. The number of rotatable bonds is 4. The van der Waals surface area contributed by atoms with Crippen molar-refractivity contribution in [2.45, 2.75) is 18.9 Å². The number of hydrogen-bond acceptors (Lipinski definition) is 4. The van der Waals surface area contributed by atoms with Crippen LogP contribution in [0, 0.1) is 11.6 Å². The molecule has 2 amide bonds. The van der Waals surface area contributed by atoms with E-state index >= 15 is 0 Å². The summed E-state index contributed by atoms with van der Waals surface area (Å²) >= 11 is 0. The fourth-order valence-corrected chi connectivity index (χ4v) is 3.79. The van der Waals surface area contributed by atoms with Gasteiger partial charge in [-0.15, -0.1) is 5.10 Å². The highest BCUT2D eigenvalue weighted by Gasteiger charge is 2.26. The zero-order valence-electron chi connectivity index (χ0n) is 17.1. The van der Waals surface area contributed by atoms with Gasteiger partial charge in [-0.2, -0.15) is 5.10 Å². The molecule has 2 aromatic carbocycles.